The van der Waals surface area contributed by atoms with Crippen LogP contribution in [0.25, 0.3) is 0 Å². The van der Waals surface area contributed by atoms with Crippen molar-refractivity contribution in [1.82, 2.24) is 10.2 Å². The summed E-state index contributed by atoms with van der Waals surface area (Å²) < 4.78 is 5.37. The Morgan fingerprint density at radius 3 is 3.10 bits per heavy atom. The molecule has 2 saturated heterocycles. The number of likely N-dealkylation sites (tertiary alicyclic amines) is 1. The minimum atomic E-state index is 0.446. The Kier molecular flexibility index (Phi) is 3.99. The van der Waals surface area contributed by atoms with Crippen molar-refractivity contribution in [3.05, 3.63) is 29.8 Å². The van der Waals surface area contributed by atoms with Crippen LogP contribution in [0, 0.1) is 5.41 Å². The normalized spacial score (nSPS) is 30.8. The van der Waals surface area contributed by atoms with Gasteiger partial charge in [0.05, 0.1) is 7.11 Å². The third-order valence-corrected chi connectivity index (χ3v) is 4.88. The molecule has 3 heteroatoms. The molecule has 2 aliphatic rings. The molecule has 1 N–H and O–H groups in total. The Hall–Kier alpha value is -1.06. The Balaban J connectivity index is 1.74. The molecule has 0 aliphatic carbocycles. The van der Waals surface area contributed by atoms with Crippen LogP contribution in [0.1, 0.15) is 37.8 Å². The third kappa shape index (κ3) is 2.84. The fourth-order valence-electron chi connectivity index (χ4n) is 3.74. The number of hydrogen-bond acceptors (Lipinski definition) is 3. The molecular formula is C17H26N2O. The molecule has 2 fully saturated rings. The second-order valence-corrected chi connectivity index (χ2v) is 6.64. The van der Waals surface area contributed by atoms with Gasteiger partial charge in [0.25, 0.3) is 0 Å². The second-order valence-electron chi connectivity index (χ2n) is 6.64. The number of nitrogens with zero attached hydrogens (tertiary/aromatic N) is 1. The molecule has 1 aromatic carbocycles. The molecule has 3 nitrogen and oxygen atoms in total. The van der Waals surface area contributed by atoms with E-state index in [-0.39, 0.29) is 0 Å². The monoisotopic (exact) mass is 274 g/mol. The van der Waals surface area contributed by atoms with Gasteiger partial charge in [-0.3, -0.25) is 4.90 Å². The van der Waals surface area contributed by atoms with E-state index < -0.39 is 0 Å². The van der Waals surface area contributed by atoms with Crippen molar-refractivity contribution < 1.29 is 4.74 Å². The van der Waals surface area contributed by atoms with Crippen LogP contribution in [-0.4, -0.2) is 38.2 Å². The van der Waals surface area contributed by atoms with Crippen molar-refractivity contribution in [2.24, 2.45) is 5.41 Å². The van der Waals surface area contributed by atoms with Crippen LogP contribution in [0.5, 0.6) is 5.75 Å². The molecule has 3 rings (SSSR count). The summed E-state index contributed by atoms with van der Waals surface area (Å²) in [6.07, 6.45) is 3.89. The minimum absolute atomic E-state index is 0.446. The number of methoxy groups -OCH3 is 1. The Labute approximate surface area is 122 Å². The lowest BCUT2D eigenvalue weighted by atomic mass is 9.88. The summed E-state index contributed by atoms with van der Waals surface area (Å²) in [5.74, 6) is 0.975. The largest absolute Gasteiger partial charge is 0.497 e. The van der Waals surface area contributed by atoms with E-state index in [1.165, 1.54) is 44.5 Å². The van der Waals surface area contributed by atoms with Gasteiger partial charge in [0.1, 0.15) is 5.75 Å². The lowest BCUT2D eigenvalue weighted by molar-refractivity contribution is 0.165. The lowest BCUT2D eigenvalue weighted by Crippen LogP contribution is -2.37. The number of ether oxygens (including phenoxy) is 1. The van der Waals surface area contributed by atoms with Gasteiger partial charge in [-0.05, 0) is 55.5 Å². The van der Waals surface area contributed by atoms with E-state index in [1.54, 1.807) is 7.11 Å². The zero-order valence-electron chi connectivity index (χ0n) is 12.7. The van der Waals surface area contributed by atoms with Gasteiger partial charge in [0.2, 0.25) is 0 Å². The van der Waals surface area contributed by atoms with E-state index in [2.05, 4.69) is 35.3 Å². The highest BCUT2D eigenvalue weighted by molar-refractivity contribution is 5.31. The molecule has 2 atom stereocenters. The van der Waals surface area contributed by atoms with Gasteiger partial charge in [0.15, 0.2) is 0 Å². The van der Waals surface area contributed by atoms with Gasteiger partial charge >= 0.3 is 0 Å². The molecule has 2 aliphatic heterocycles. The first kappa shape index (κ1) is 13.9. The highest BCUT2D eigenvalue weighted by Crippen LogP contribution is 2.37. The average molecular weight is 274 g/mol. The van der Waals surface area contributed by atoms with Crippen LogP contribution in [0.2, 0.25) is 0 Å². The van der Waals surface area contributed by atoms with Crippen molar-refractivity contribution in [2.45, 2.75) is 32.2 Å². The molecule has 110 valence electrons. The standard InChI is InChI=1S/C17H26N2O/c1-17(8-9-18-12-17)13-19-10-4-7-16(19)14-5-3-6-15(11-14)20-2/h3,5-6,11,16,18H,4,7-10,12-13H2,1-2H3. The van der Waals surface area contributed by atoms with Crippen molar-refractivity contribution in [2.75, 3.05) is 33.3 Å². The summed E-state index contributed by atoms with van der Waals surface area (Å²) in [4.78, 5) is 2.68. The summed E-state index contributed by atoms with van der Waals surface area (Å²) in [6, 6.07) is 9.18. The minimum Gasteiger partial charge on any atom is -0.497 e. The molecule has 2 heterocycles. The van der Waals surface area contributed by atoms with Gasteiger partial charge in [0, 0.05) is 19.1 Å². The summed E-state index contributed by atoms with van der Waals surface area (Å²) in [5, 5.41) is 3.51. The van der Waals surface area contributed by atoms with Gasteiger partial charge in [-0.15, -0.1) is 0 Å². The van der Waals surface area contributed by atoms with Crippen molar-refractivity contribution >= 4 is 0 Å². The van der Waals surface area contributed by atoms with Crippen molar-refractivity contribution in [3.8, 4) is 5.75 Å². The molecule has 20 heavy (non-hydrogen) atoms. The molecule has 0 aromatic heterocycles. The quantitative estimate of drug-likeness (QED) is 0.913. The van der Waals surface area contributed by atoms with E-state index in [4.69, 9.17) is 4.74 Å². The zero-order valence-corrected chi connectivity index (χ0v) is 12.7. The van der Waals surface area contributed by atoms with Crippen LogP contribution in [0.3, 0.4) is 0 Å². The Morgan fingerprint density at radius 1 is 1.45 bits per heavy atom. The molecular weight excluding hydrogens is 248 g/mol. The van der Waals surface area contributed by atoms with E-state index >= 15 is 0 Å². The van der Waals surface area contributed by atoms with Gasteiger partial charge in [-0.1, -0.05) is 19.1 Å². The first-order chi connectivity index (χ1) is 9.70. The first-order valence-corrected chi connectivity index (χ1v) is 7.79. The van der Waals surface area contributed by atoms with Crippen LogP contribution in [-0.2, 0) is 0 Å². The maximum Gasteiger partial charge on any atom is 0.119 e. The summed E-state index contributed by atoms with van der Waals surface area (Å²) >= 11 is 0. The van der Waals surface area contributed by atoms with E-state index in [1.807, 2.05) is 6.07 Å². The number of rotatable bonds is 4. The maximum absolute atomic E-state index is 5.37. The summed E-state index contributed by atoms with van der Waals surface area (Å²) in [5.41, 5.74) is 1.86. The van der Waals surface area contributed by atoms with Crippen LogP contribution < -0.4 is 10.1 Å². The molecule has 0 saturated carbocycles. The van der Waals surface area contributed by atoms with Crippen LogP contribution in [0.4, 0.5) is 0 Å². The lowest BCUT2D eigenvalue weighted by Gasteiger charge is -2.33. The molecule has 2 unspecified atom stereocenters. The topological polar surface area (TPSA) is 24.5 Å². The fraction of sp³-hybridized carbons (Fsp3) is 0.647. The molecule has 1 aromatic rings. The Morgan fingerprint density at radius 2 is 2.35 bits per heavy atom. The van der Waals surface area contributed by atoms with Crippen molar-refractivity contribution in [1.29, 1.82) is 0 Å². The second kappa shape index (κ2) is 5.74. The summed E-state index contributed by atoms with van der Waals surface area (Å²) in [7, 11) is 1.75. The first-order valence-electron chi connectivity index (χ1n) is 7.79. The van der Waals surface area contributed by atoms with E-state index in [9.17, 15) is 0 Å². The average Bonchev–Trinajstić information content (AvgIpc) is 3.08. The van der Waals surface area contributed by atoms with E-state index in [0.29, 0.717) is 11.5 Å². The summed E-state index contributed by atoms with van der Waals surface area (Å²) in [6.45, 7) is 7.20. The Bertz CT molecular complexity index is 454. The zero-order chi connectivity index (χ0) is 14.0. The van der Waals surface area contributed by atoms with Gasteiger partial charge in [-0.25, -0.2) is 0 Å². The molecule has 0 spiro atoms. The molecule has 0 radical (unpaired) electrons. The third-order valence-electron chi connectivity index (χ3n) is 4.88. The van der Waals surface area contributed by atoms with Crippen LogP contribution in [0.15, 0.2) is 24.3 Å². The van der Waals surface area contributed by atoms with Crippen molar-refractivity contribution in [3.63, 3.8) is 0 Å². The van der Waals surface area contributed by atoms with E-state index in [0.717, 1.165) is 12.3 Å². The predicted molar refractivity (Wildman–Crippen MR) is 82.1 cm³/mol. The predicted octanol–water partition coefficient (Wildman–Crippen LogP) is 2.83. The maximum atomic E-state index is 5.37. The van der Waals surface area contributed by atoms with Crippen LogP contribution >= 0.6 is 0 Å². The number of nitrogens with one attached hydrogen (secondary N) is 1. The SMILES string of the molecule is COc1cccc(C2CCCN2CC2(C)CCNC2)c1. The number of benzene rings is 1. The van der Waals surface area contributed by atoms with Gasteiger partial charge in [-0.2, -0.15) is 0 Å². The highest BCUT2D eigenvalue weighted by atomic mass is 16.5. The highest BCUT2D eigenvalue weighted by Gasteiger charge is 2.35. The number of hydrogen-bond donors (Lipinski definition) is 1. The molecule has 0 bridgehead atoms. The molecule has 0 amide bonds. The smallest absolute Gasteiger partial charge is 0.119 e. The van der Waals surface area contributed by atoms with Gasteiger partial charge < -0.3 is 10.1 Å². The fourth-order valence-corrected chi connectivity index (χ4v) is 3.74.